The van der Waals surface area contributed by atoms with Crippen molar-refractivity contribution >= 4 is 23.4 Å². The Bertz CT molecular complexity index is 635. The van der Waals surface area contributed by atoms with E-state index in [1.165, 1.54) is 16.4 Å². The van der Waals surface area contributed by atoms with Crippen LogP contribution in [-0.2, 0) is 11.8 Å². The van der Waals surface area contributed by atoms with Gasteiger partial charge in [-0.2, -0.15) is 0 Å². The summed E-state index contributed by atoms with van der Waals surface area (Å²) in [7, 11) is 1.63. The van der Waals surface area contributed by atoms with Crippen molar-refractivity contribution in [3.63, 3.8) is 0 Å². The third-order valence-electron chi connectivity index (χ3n) is 3.16. The number of aromatic nitrogens is 2. The topological polar surface area (TPSA) is 82.1 Å². The fraction of sp³-hybridized carbons (Fsp3) is 0.357. The quantitative estimate of drug-likeness (QED) is 0.665. The highest BCUT2D eigenvalue weighted by Crippen LogP contribution is 2.22. The molecule has 1 N–H and O–H groups in total. The average Bonchev–Trinajstić information content (AvgIpc) is 2.75. The van der Waals surface area contributed by atoms with E-state index < -0.39 is 5.95 Å². The fourth-order valence-electron chi connectivity index (χ4n) is 1.80. The molecule has 7 heteroatoms. The minimum atomic E-state index is -0.475. The molecule has 0 aliphatic carbocycles. The molecule has 1 amide bonds. The maximum absolute atomic E-state index is 11.9. The van der Waals surface area contributed by atoms with Crippen LogP contribution in [0.2, 0.25) is 0 Å². The number of amides is 1. The maximum Gasteiger partial charge on any atom is 0.290 e. The van der Waals surface area contributed by atoms with Crippen LogP contribution in [0.5, 0.6) is 5.95 Å². The Morgan fingerprint density at radius 3 is 2.90 bits per heavy atom. The van der Waals surface area contributed by atoms with Gasteiger partial charge >= 0.3 is 0 Å². The number of hydrogen-bond acceptors (Lipinski definition) is 5. The van der Waals surface area contributed by atoms with Gasteiger partial charge in [-0.3, -0.25) is 4.79 Å². The van der Waals surface area contributed by atoms with Crippen molar-refractivity contribution < 1.29 is 19.1 Å². The number of nitrogens with one attached hydrogen (secondary N) is 1. The van der Waals surface area contributed by atoms with Crippen LogP contribution in [0.4, 0.5) is 5.69 Å². The van der Waals surface area contributed by atoms with E-state index in [9.17, 15) is 9.90 Å². The molecule has 1 aromatic heterocycles. The van der Waals surface area contributed by atoms with Gasteiger partial charge in [0.25, 0.3) is 5.03 Å². The van der Waals surface area contributed by atoms with Gasteiger partial charge in [-0.25, -0.2) is 0 Å². The van der Waals surface area contributed by atoms with Gasteiger partial charge in [-0.1, -0.05) is 28.6 Å². The highest BCUT2D eigenvalue weighted by atomic mass is 32.2. The van der Waals surface area contributed by atoms with E-state index in [2.05, 4.69) is 15.1 Å². The van der Waals surface area contributed by atoms with E-state index in [-0.39, 0.29) is 5.91 Å². The standard InChI is InChI=1S/C14H17N3O3S/c1-9-5-4-6-11(10(9)2)15-12(18)7-8-21-13-14(19)20-16-17(13)3/h4-6H,7-8H2,1-3H3,(H-,15,16,18,19). The molecule has 2 aromatic rings. The van der Waals surface area contributed by atoms with Gasteiger partial charge in [-0.15, -0.1) is 0 Å². The molecular formula is C14H17N3O3S. The molecule has 0 spiro atoms. The van der Waals surface area contributed by atoms with Crippen molar-refractivity contribution in [2.24, 2.45) is 7.05 Å². The van der Waals surface area contributed by atoms with Crippen molar-refractivity contribution in [2.45, 2.75) is 25.3 Å². The number of benzene rings is 1. The number of aryl methyl sites for hydroxylation is 2. The second kappa shape index (κ2) is 6.62. The summed E-state index contributed by atoms with van der Waals surface area (Å²) in [6, 6.07) is 5.79. The lowest BCUT2D eigenvalue weighted by Crippen LogP contribution is -2.32. The number of anilines is 1. The van der Waals surface area contributed by atoms with Gasteiger partial charge in [0.1, 0.15) is 0 Å². The molecule has 0 atom stereocenters. The van der Waals surface area contributed by atoms with Crippen LogP contribution in [0.1, 0.15) is 17.5 Å². The van der Waals surface area contributed by atoms with Crippen molar-refractivity contribution in [2.75, 3.05) is 11.1 Å². The molecule has 0 saturated carbocycles. The van der Waals surface area contributed by atoms with E-state index in [4.69, 9.17) is 0 Å². The number of nitrogens with zero attached hydrogens (tertiary/aromatic N) is 2. The van der Waals surface area contributed by atoms with E-state index in [1.807, 2.05) is 32.0 Å². The molecule has 1 heterocycles. The summed E-state index contributed by atoms with van der Waals surface area (Å²) in [5.41, 5.74) is 3.02. The minimum absolute atomic E-state index is 0.0808. The lowest BCUT2D eigenvalue weighted by Gasteiger charge is -2.09. The first-order valence-electron chi connectivity index (χ1n) is 6.51. The summed E-state index contributed by atoms with van der Waals surface area (Å²) in [6.45, 7) is 3.98. The minimum Gasteiger partial charge on any atom is -0.538 e. The molecule has 0 bridgehead atoms. The molecule has 2 rings (SSSR count). The second-order valence-electron chi connectivity index (χ2n) is 4.68. The van der Waals surface area contributed by atoms with Crippen molar-refractivity contribution in [3.05, 3.63) is 29.3 Å². The summed E-state index contributed by atoms with van der Waals surface area (Å²) in [5.74, 6) is -0.0683. The third kappa shape index (κ3) is 3.75. The number of carbonyl (C=O) groups excluding carboxylic acids is 1. The van der Waals surface area contributed by atoms with Gasteiger partial charge in [0, 0.05) is 17.9 Å². The first-order chi connectivity index (χ1) is 9.99. The molecule has 6 nitrogen and oxygen atoms in total. The third-order valence-corrected chi connectivity index (χ3v) is 4.27. The van der Waals surface area contributed by atoms with Crippen LogP contribution < -0.4 is 15.1 Å². The summed E-state index contributed by atoms with van der Waals surface area (Å²) in [4.78, 5) is 11.9. The highest BCUT2D eigenvalue weighted by molar-refractivity contribution is 7.99. The van der Waals surface area contributed by atoms with Crippen LogP contribution in [-0.4, -0.2) is 16.9 Å². The Morgan fingerprint density at radius 2 is 2.24 bits per heavy atom. The molecule has 0 radical (unpaired) electrons. The number of carbonyl (C=O) groups is 1. The van der Waals surface area contributed by atoms with E-state index in [0.717, 1.165) is 16.8 Å². The van der Waals surface area contributed by atoms with Crippen LogP contribution in [0.3, 0.4) is 0 Å². The van der Waals surface area contributed by atoms with Crippen LogP contribution in [0.15, 0.2) is 27.7 Å². The van der Waals surface area contributed by atoms with E-state index in [0.29, 0.717) is 17.2 Å². The van der Waals surface area contributed by atoms with Gasteiger partial charge in [0.05, 0.1) is 5.27 Å². The Hall–Kier alpha value is -2.02. The van der Waals surface area contributed by atoms with Crippen LogP contribution >= 0.6 is 11.8 Å². The second-order valence-corrected chi connectivity index (χ2v) is 5.77. The van der Waals surface area contributed by atoms with E-state index in [1.54, 1.807) is 7.05 Å². The molecule has 21 heavy (non-hydrogen) atoms. The lowest BCUT2D eigenvalue weighted by molar-refractivity contribution is -0.772. The van der Waals surface area contributed by atoms with Gasteiger partial charge < -0.3 is 14.9 Å². The molecular weight excluding hydrogens is 290 g/mol. The number of hydrogen-bond donors (Lipinski definition) is 1. The largest absolute Gasteiger partial charge is 0.538 e. The van der Waals surface area contributed by atoms with Crippen molar-refractivity contribution in [3.8, 4) is 5.95 Å². The van der Waals surface area contributed by atoms with Crippen LogP contribution in [0, 0.1) is 13.8 Å². The molecule has 0 fully saturated rings. The first-order valence-corrected chi connectivity index (χ1v) is 7.49. The van der Waals surface area contributed by atoms with Crippen LogP contribution in [0.25, 0.3) is 0 Å². The highest BCUT2D eigenvalue weighted by Gasteiger charge is 2.14. The SMILES string of the molecule is Cc1cccc(NC(=O)CCSc2c([O-])on[n+]2C)c1C. The first kappa shape index (κ1) is 15.4. The monoisotopic (exact) mass is 307 g/mol. The fourth-order valence-corrected chi connectivity index (χ4v) is 2.65. The Morgan fingerprint density at radius 1 is 1.48 bits per heavy atom. The number of rotatable bonds is 5. The predicted molar refractivity (Wildman–Crippen MR) is 77.0 cm³/mol. The summed E-state index contributed by atoms with van der Waals surface area (Å²) in [5, 5.41) is 18.1. The Balaban J connectivity index is 1.87. The van der Waals surface area contributed by atoms with Gasteiger partial charge in [-0.05, 0) is 31.0 Å². The zero-order valence-electron chi connectivity index (χ0n) is 12.2. The summed E-state index contributed by atoms with van der Waals surface area (Å²) < 4.78 is 5.88. The molecule has 0 aliphatic heterocycles. The van der Waals surface area contributed by atoms with Gasteiger partial charge in [0.15, 0.2) is 13.0 Å². The number of thioether (sulfide) groups is 1. The molecule has 0 unspecified atom stereocenters. The summed E-state index contributed by atoms with van der Waals surface area (Å²) >= 11 is 1.26. The maximum atomic E-state index is 11.9. The van der Waals surface area contributed by atoms with Crippen molar-refractivity contribution in [1.82, 2.24) is 5.27 Å². The molecule has 0 aliphatic rings. The lowest BCUT2D eigenvalue weighted by atomic mass is 10.1. The Labute approximate surface area is 127 Å². The normalized spacial score (nSPS) is 10.6. The zero-order valence-corrected chi connectivity index (χ0v) is 13.0. The van der Waals surface area contributed by atoms with Crippen molar-refractivity contribution in [1.29, 1.82) is 0 Å². The van der Waals surface area contributed by atoms with E-state index >= 15 is 0 Å². The Kier molecular flexibility index (Phi) is 4.85. The van der Waals surface area contributed by atoms with Gasteiger partial charge in [0.2, 0.25) is 5.91 Å². The molecule has 112 valence electrons. The zero-order chi connectivity index (χ0) is 15.4. The smallest absolute Gasteiger partial charge is 0.290 e. The summed E-state index contributed by atoms with van der Waals surface area (Å²) in [6.07, 6.45) is 0.308. The average molecular weight is 307 g/mol. The molecule has 0 saturated heterocycles. The molecule has 1 aromatic carbocycles. The predicted octanol–water partition coefficient (Wildman–Crippen LogP) is 1.31.